The molecule has 2 aliphatic rings. The number of nitrogens with one attached hydrogen (secondary N) is 1. The van der Waals surface area contributed by atoms with Gasteiger partial charge in [-0.25, -0.2) is 27.6 Å². The zero-order valence-corrected chi connectivity index (χ0v) is 22.3. The van der Waals surface area contributed by atoms with Crippen molar-refractivity contribution in [3.63, 3.8) is 0 Å². The van der Waals surface area contributed by atoms with Crippen molar-refractivity contribution in [2.24, 2.45) is 0 Å². The molecule has 1 amide bonds. The van der Waals surface area contributed by atoms with Crippen LogP contribution in [0.1, 0.15) is 40.0 Å². The summed E-state index contributed by atoms with van der Waals surface area (Å²) >= 11 is 9.47. The van der Waals surface area contributed by atoms with Gasteiger partial charge in [-0.05, 0) is 56.0 Å². The molecule has 0 bridgehead atoms. The van der Waals surface area contributed by atoms with Gasteiger partial charge in [0, 0.05) is 18.3 Å². The molecule has 1 fully saturated rings. The monoisotopic (exact) mass is 578 g/mol. The van der Waals surface area contributed by atoms with Crippen LogP contribution in [0.25, 0.3) is 10.9 Å². The van der Waals surface area contributed by atoms with Crippen molar-refractivity contribution in [1.29, 1.82) is 0 Å². The number of halogens is 3. The summed E-state index contributed by atoms with van der Waals surface area (Å²) in [6, 6.07) is -0.245. The SMILES string of the molecule is CC(C)(C)OC(=O)NC1CCC(N2CCOc3c(Cl)c(Br)c(F)c4nc(S(C)(=O)=O)nc2c34)C1. The Bertz CT molecular complexity index is 1270. The van der Waals surface area contributed by atoms with Crippen molar-refractivity contribution < 1.29 is 27.1 Å². The summed E-state index contributed by atoms with van der Waals surface area (Å²) in [6.45, 7) is 5.96. The maximum Gasteiger partial charge on any atom is 0.407 e. The van der Waals surface area contributed by atoms with Gasteiger partial charge in [0.05, 0.1) is 16.4 Å². The van der Waals surface area contributed by atoms with Crippen LogP contribution in [-0.2, 0) is 14.6 Å². The number of anilines is 1. The maximum atomic E-state index is 15.2. The number of carbonyl (C=O) groups excluding carboxylic acids is 1. The van der Waals surface area contributed by atoms with Crippen LogP contribution in [-0.4, -0.2) is 61.6 Å². The number of sulfone groups is 1. The minimum absolute atomic E-state index is 0.0275. The summed E-state index contributed by atoms with van der Waals surface area (Å²) in [5.74, 6) is -0.350. The molecule has 2 atom stereocenters. The van der Waals surface area contributed by atoms with Gasteiger partial charge < -0.3 is 19.7 Å². The summed E-state index contributed by atoms with van der Waals surface area (Å²) in [7, 11) is -3.84. The second-order valence-electron chi connectivity index (χ2n) is 9.45. The van der Waals surface area contributed by atoms with Gasteiger partial charge in [-0.15, -0.1) is 0 Å². The molecule has 1 N–H and O–H groups in total. The highest BCUT2D eigenvalue weighted by Gasteiger charge is 2.36. The van der Waals surface area contributed by atoms with E-state index in [-0.39, 0.29) is 50.7 Å². The molecule has 2 heterocycles. The molecule has 0 saturated heterocycles. The molecule has 2 unspecified atom stereocenters. The Kier molecular flexibility index (Phi) is 6.62. The standard InChI is InChI=1S/C21H25BrClFN4O5S/c1-21(2,3)33-20(29)25-10-5-6-11(9-10)28-7-8-32-17-12-16(15(24)13(22)14(17)23)26-19(27-18(12)28)34(4,30)31/h10-11H,5-9H2,1-4H3,(H,25,29). The van der Waals surface area contributed by atoms with Crippen molar-refractivity contribution in [2.45, 2.75) is 62.9 Å². The summed E-state index contributed by atoms with van der Waals surface area (Å²) in [5.41, 5.74) is -0.801. The lowest BCUT2D eigenvalue weighted by Gasteiger charge is -2.29. The minimum atomic E-state index is -3.84. The fraction of sp³-hybridized carbons (Fsp3) is 0.571. The minimum Gasteiger partial charge on any atom is -0.489 e. The van der Waals surface area contributed by atoms with Crippen LogP contribution in [0.5, 0.6) is 5.75 Å². The Hall–Kier alpha value is -1.92. The summed E-state index contributed by atoms with van der Waals surface area (Å²) in [4.78, 5) is 22.4. The number of hydrogen-bond donors (Lipinski definition) is 1. The number of benzene rings is 1. The van der Waals surface area contributed by atoms with Crippen LogP contribution in [0.3, 0.4) is 0 Å². The number of hydrogen-bond acceptors (Lipinski definition) is 8. The molecule has 0 spiro atoms. The number of carbonyl (C=O) groups is 1. The Balaban J connectivity index is 1.74. The van der Waals surface area contributed by atoms with Crippen molar-refractivity contribution in [3.05, 3.63) is 15.3 Å². The van der Waals surface area contributed by atoms with Gasteiger partial charge in [-0.1, -0.05) is 11.6 Å². The fourth-order valence-electron chi connectivity index (χ4n) is 4.27. The first-order valence-electron chi connectivity index (χ1n) is 10.7. The first-order chi connectivity index (χ1) is 15.8. The van der Waals surface area contributed by atoms with Gasteiger partial charge in [0.2, 0.25) is 15.0 Å². The first-order valence-corrected chi connectivity index (χ1v) is 13.8. The molecular formula is C21H25BrClFN4O5S. The van der Waals surface area contributed by atoms with E-state index in [1.54, 1.807) is 20.8 Å². The Labute approximate surface area is 210 Å². The zero-order chi connectivity index (χ0) is 25.0. The number of rotatable bonds is 3. The van der Waals surface area contributed by atoms with Crippen molar-refractivity contribution in [3.8, 4) is 5.75 Å². The molecule has 1 aliphatic carbocycles. The van der Waals surface area contributed by atoms with Gasteiger partial charge in [0.25, 0.3) is 0 Å². The molecule has 4 rings (SSSR count). The van der Waals surface area contributed by atoms with Crippen molar-refractivity contribution >= 4 is 60.2 Å². The summed E-state index contributed by atoms with van der Waals surface area (Å²) in [6.07, 6.45) is 2.43. The van der Waals surface area contributed by atoms with E-state index in [4.69, 9.17) is 21.1 Å². The molecule has 0 radical (unpaired) electrons. The average molecular weight is 580 g/mol. The Morgan fingerprint density at radius 1 is 1.32 bits per heavy atom. The van der Waals surface area contributed by atoms with Crippen molar-refractivity contribution in [2.75, 3.05) is 24.3 Å². The van der Waals surface area contributed by atoms with E-state index < -0.39 is 32.5 Å². The van der Waals surface area contributed by atoms with E-state index in [1.165, 1.54) is 0 Å². The molecule has 1 aromatic heterocycles. The van der Waals surface area contributed by atoms with E-state index in [0.29, 0.717) is 25.8 Å². The van der Waals surface area contributed by atoms with E-state index in [1.807, 2.05) is 4.90 Å². The smallest absolute Gasteiger partial charge is 0.407 e. The lowest BCUT2D eigenvalue weighted by molar-refractivity contribution is 0.0505. The van der Waals surface area contributed by atoms with Crippen LogP contribution in [0.2, 0.25) is 5.02 Å². The number of aromatic nitrogens is 2. The Morgan fingerprint density at radius 2 is 2.03 bits per heavy atom. The predicted octanol–water partition coefficient (Wildman–Crippen LogP) is 4.23. The molecule has 1 aromatic carbocycles. The highest BCUT2D eigenvalue weighted by Crippen LogP contribution is 2.46. The summed E-state index contributed by atoms with van der Waals surface area (Å²) in [5, 5.41) is 2.66. The van der Waals surface area contributed by atoms with E-state index in [9.17, 15) is 13.2 Å². The second-order valence-corrected chi connectivity index (χ2v) is 12.5. The third-order valence-corrected chi connectivity index (χ3v) is 7.82. The van der Waals surface area contributed by atoms with Crippen LogP contribution >= 0.6 is 27.5 Å². The van der Waals surface area contributed by atoms with Crippen LogP contribution in [0.15, 0.2) is 9.63 Å². The van der Waals surface area contributed by atoms with Gasteiger partial charge in [0.1, 0.15) is 28.6 Å². The maximum absolute atomic E-state index is 15.2. The third-order valence-electron chi connectivity index (χ3n) is 5.64. The lowest BCUT2D eigenvalue weighted by atomic mass is 10.1. The van der Waals surface area contributed by atoms with Crippen LogP contribution < -0.4 is 15.0 Å². The molecule has 186 valence electrons. The highest BCUT2D eigenvalue weighted by atomic mass is 79.9. The van der Waals surface area contributed by atoms with Crippen molar-refractivity contribution in [1.82, 2.24) is 15.3 Å². The van der Waals surface area contributed by atoms with E-state index >= 15 is 4.39 Å². The topological polar surface area (TPSA) is 111 Å². The lowest BCUT2D eigenvalue weighted by Crippen LogP contribution is -2.41. The number of ether oxygens (including phenoxy) is 2. The second kappa shape index (κ2) is 8.94. The number of amides is 1. The van der Waals surface area contributed by atoms with Gasteiger partial charge >= 0.3 is 6.09 Å². The Morgan fingerprint density at radius 3 is 2.68 bits per heavy atom. The highest BCUT2D eigenvalue weighted by molar-refractivity contribution is 9.10. The molecule has 1 saturated carbocycles. The fourth-order valence-corrected chi connectivity index (χ4v) is 5.38. The van der Waals surface area contributed by atoms with Crippen LogP contribution in [0.4, 0.5) is 15.0 Å². The van der Waals surface area contributed by atoms with Gasteiger partial charge in [-0.2, -0.15) is 0 Å². The molecule has 2 aromatic rings. The third kappa shape index (κ3) is 4.90. The van der Waals surface area contributed by atoms with Gasteiger partial charge in [0.15, 0.2) is 11.6 Å². The first kappa shape index (κ1) is 25.2. The van der Waals surface area contributed by atoms with E-state index in [2.05, 4.69) is 31.2 Å². The summed E-state index contributed by atoms with van der Waals surface area (Å²) < 4.78 is 51.0. The normalized spacial score (nSPS) is 20.7. The molecule has 9 nitrogen and oxygen atoms in total. The molecule has 34 heavy (non-hydrogen) atoms. The largest absolute Gasteiger partial charge is 0.489 e. The quantitative estimate of drug-likeness (QED) is 0.425. The molecule has 13 heteroatoms. The molecular weight excluding hydrogens is 555 g/mol. The average Bonchev–Trinajstić information content (AvgIpc) is 3.07. The van der Waals surface area contributed by atoms with E-state index in [0.717, 1.165) is 6.26 Å². The molecule has 1 aliphatic heterocycles. The predicted molar refractivity (Wildman–Crippen MR) is 129 cm³/mol. The number of nitrogens with zero attached hydrogens (tertiary/aromatic N) is 3. The number of alkyl carbamates (subject to hydrolysis) is 1. The van der Waals surface area contributed by atoms with Gasteiger partial charge in [-0.3, -0.25) is 0 Å². The zero-order valence-electron chi connectivity index (χ0n) is 19.1. The van der Waals surface area contributed by atoms with Crippen LogP contribution in [0, 0.1) is 5.82 Å².